The van der Waals surface area contributed by atoms with E-state index in [1.54, 1.807) is 0 Å². The fourth-order valence-corrected chi connectivity index (χ4v) is 3.30. The highest BCUT2D eigenvalue weighted by Crippen LogP contribution is 2.26. The molecule has 0 bridgehead atoms. The van der Waals surface area contributed by atoms with Crippen molar-refractivity contribution in [3.8, 4) is 11.3 Å². The average Bonchev–Trinajstić information content (AvgIpc) is 2.93. The van der Waals surface area contributed by atoms with Crippen molar-refractivity contribution in [1.82, 2.24) is 9.97 Å². The van der Waals surface area contributed by atoms with Crippen molar-refractivity contribution in [2.24, 2.45) is 0 Å². The Hall–Kier alpha value is -2.10. The first-order valence-corrected chi connectivity index (χ1v) is 9.26. The van der Waals surface area contributed by atoms with Crippen LogP contribution in [-0.4, -0.2) is 36.1 Å². The van der Waals surface area contributed by atoms with E-state index in [0.717, 1.165) is 49.2 Å². The molecule has 0 unspecified atom stereocenters. The van der Waals surface area contributed by atoms with Crippen LogP contribution >= 0.6 is 0 Å². The fourth-order valence-electron chi connectivity index (χ4n) is 3.30. The summed E-state index contributed by atoms with van der Waals surface area (Å²) < 4.78 is 0. The number of rotatable bonds is 5. The highest BCUT2D eigenvalue weighted by Gasteiger charge is 2.16. The van der Waals surface area contributed by atoms with E-state index in [0.29, 0.717) is 0 Å². The van der Waals surface area contributed by atoms with Gasteiger partial charge in [-0.05, 0) is 26.7 Å². The predicted octanol–water partition coefficient (Wildman–Crippen LogP) is 4.37. The van der Waals surface area contributed by atoms with Gasteiger partial charge in [-0.15, -0.1) is 0 Å². The Morgan fingerprint density at radius 2 is 1.58 bits per heavy atom. The number of hydrogen-bond acceptors (Lipinski definition) is 4. The van der Waals surface area contributed by atoms with Crippen molar-refractivity contribution in [1.29, 1.82) is 0 Å². The lowest BCUT2D eigenvalue weighted by molar-refractivity contribution is 0.726. The van der Waals surface area contributed by atoms with Crippen LogP contribution in [0.2, 0.25) is 0 Å². The van der Waals surface area contributed by atoms with Gasteiger partial charge >= 0.3 is 0 Å². The minimum atomic E-state index is 0.889. The zero-order valence-corrected chi connectivity index (χ0v) is 14.9. The van der Waals surface area contributed by atoms with Crippen molar-refractivity contribution < 1.29 is 0 Å². The summed E-state index contributed by atoms with van der Waals surface area (Å²) in [6.45, 7) is 8.41. The van der Waals surface area contributed by atoms with Crippen LogP contribution in [0, 0.1) is 0 Å². The summed E-state index contributed by atoms with van der Waals surface area (Å²) in [5, 5.41) is 0. The Bertz CT molecular complexity index is 629. The van der Waals surface area contributed by atoms with Gasteiger partial charge in [-0.2, -0.15) is 4.98 Å². The Kier molecular flexibility index (Phi) is 5.68. The van der Waals surface area contributed by atoms with Gasteiger partial charge in [0.05, 0.1) is 5.69 Å². The Labute approximate surface area is 145 Å². The predicted molar refractivity (Wildman–Crippen MR) is 102 cm³/mol. The quantitative estimate of drug-likeness (QED) is 0.817. The summed E-state index contributed by atoms with van der Waals surface area (Å²) in [4.78, 5) is 14.5. The third-order valence-electron chi connectivity index (χ3n) is 4.75. The molecular weight excluding hydrogens is 296 g/mol. The molecule has 2 aromatic rings. The van der Waals surface area contributed by atoms with E-state index in [1.165, 1.54) is 25.7 Å². The van der Waals surface area contributed by atoms with E-state index in [1.807, 2.05) is 6.07 Å². The molecule has 3 rings (SSSR count). The number of nitrogens with zero attached hydrogens (tertiary/aromatic N) is 4. The summed E-state index contributed by atoms with van der Waals surface area (Å²) in [7, 11) is 0. The molecule has 0 atom stereocenters. The van der Waals surface area contributed by atoms with Crippen LogP contribution in [-0.2, 0) is 0 Å². The summed E-state index contributed by atoms with van der Waals surface area (Å²) in [5.74, 6) is 1.92. The van der Waals surface area contributed by atoms with Gasteiger partial charge in [0.25, 0.3) is 0 Å². The molecule has 0 N–H and O–H groups in total. The normalized spacial score (nSPS) is 15.2. The number of aromatic nitrogens is 2. The zero-order chi connectivity index (χ0) is 16.8. The summed E-state index contributed by atoms with van der Waals surface area (Å²) in [6.07, 6.45) is 5.11. The standard InChI is InChI=1S/C20H28N4/c1-3-23(4-2)19-16-18(17-12-8-7-9-13-17)21-20(22-19)24-14-10-5-6-11-15-24/h7-9,12-13,16H,3-6,10-11,14-15H2,1-2H3. The third kappa shape index (κ3) is 3.86. The number of hydrogen-bond donors (Lipinski definition) is 0. The Balaban J connectivity index is 2.02. The van der Waals surface area contributed by atoms with Gasteiger partial charge in [0.1, 0.15) is 5.82 Å². The molecule has 0 radical (unpaired) electrons. The average molecular weight is 324 g/mol. The van der Waals surface area contributed by atoms with Crippen LogP contribution in [0.5, 0.6) is 0 Å². The molecule has 0 amide bonds. The zero-order valence-electron chi connectivity index (χ0n) is 14.9. The smallest absolute Gasteiger partial charge is 0.227 e. The van der Waals surface area contributed by atoms with E-state index < -0.39 is 0 Å². The lowest BCUT2D eigenvalue weighted by Gasteiger charge is -2.25. The van der Waals surface area contributed by atoms with Crippen molar-refractivity contribution in [3.05, 3.63) is 36.4 Å². The molecule has 1 aromatic carbocycles. The lowest BCUT2D eigenvalue weighted by atomic mass is 10.1. The minimum absolute atomic E-state index is 0.889. The number of benzene rings is 1. The molecule has 4 heteroatoms. The van der Waals surface area contributed by atoms with Gasteiger partial charge < -0.3 is 9.80 Å². The second-order valence-electron chi connectivity index (χ2n) is 6.35. The van der Waals surface area contributed by atoms with Crippen molar-refractivity contribution in [2.45, 2.75) is 39.5 Å². The molecule has 2 heterocycles. The first kappa shape index (κ1) is 16.7. The second-order valence-corrected chi connectivity index (χ2v) is 6.35. The molecule has 0 saturated carbocycles. The molecule has 1 fully saturated rings. The van der Waals surface area contributed by atoms with Gasteiger partial charge in [-0.3, -0.25) is 0 Å². The maximum atomic E-state index is 4.91. The van der Waals surface area contributed by atoms with E-state index in [4.69, 9.17) is 9.97 Å². The lowest BCUT2D eigenvalue weighted by Crippen LogP contribution is -2.28. The first-order chi connectivity index (χ1) is 11.8. The molecule has 128 valence electrons. The maximum absolute atomic E-state index is 4.91. The van der Waals surface area contributed by atoms with Gasteiger partial charge in [0.2, 0.25) is 5.95 Å². The first-order valence-electron chi connectivity index (χ1n) is 9.26. The molecule has 1 saturated heterocycles. The van der Waals surface area contributed by atoms with Crippen LogP contribution < -0.4 is 9.80 Å². The third-order valence-corrected chi connectivity index (χ3v) is 4.75. The highest BCUT2D eigenvalue weighted by molar-refractivity contribution is 5.65. The Morgan fingerprint density at radius 1 is 0.917 bits per heavy atom. The van der Waals surface area contributed by atoms with Crippen molar-refractivity contribution >= 4 is 11.8 Å². The molecule has 1 aliphatic rings. The highest BCUT2D eigenvalue weighted by atomic mass is 15.3. The Morgan fingerprint density at radius 3 is 2.21 bits per heavy atom. The van der Waals surface area contributed by atoms with Crippen LogP contribution in [0.1, 0.15) is 39.5 Å². The van der Waals surface area contributed by atoms with E-state index in [-0.39, 0.29) is 0 Å². The molecule has 1 aliphatic heterocycles. The van der Waals surface area contributed by atoms with Crippen molar-refractivity contribution in [3.63, 3.8) is 0 Å². The van der Waals surface area contributed by atoms with E-state index >= 15 is 0 Å². The molecular formula is C20H28N4. The SMILES string of the molecule is CCN(CC)c1cc(-c2ccccc2)nc(N2CCCCCC2)n1. The van der Waals surface area contributed by atoms with E-state index in [2.05, 4.69) is 54.0 Å². The maximum Gasteiger partial charge on any atom is 0.227 e. The van der Waals surface area contributed by atoms with E-state index in [9.17, 15) is 0 Å². The monoisotopic (exact) mass is 324 g/mol. The molecule has 0 aliphatic carbocycles. The van der Waals surface area contributed by atoms with Crippen LogP contribution in [0.3, 0.4) is 0 Å². The molecule has 4 nitrogen and oxygen atoms in total. The summed E-state index contributed by atoms with van der Waals surface area (Å²) in [6, 6.07) is 12.6. The molecule has 1 aromatic heterocycles. The van der Waals surface area contributed by atoms with Crippen LogP contribution in [0.25, 0.3) is 11.3 Å². The topological polar surface area (TPSA) is 32.3 Å². The second kappa shape index (κ2) is 8.13. The fraction of sp³-hybridized carbons (Fsp3) is 0.500. The van der Waals surface area contributed by atoms with Gasteiger partial charge in [-0.1, -0.05) is 43.2 Å². The van der Waals surface area contributed by atoms with Gasteiger partial charge in [0.15, 0.2) is 0 Å². The van der Waals surface area contributed by atoms with Crippen LogP contribution in [0.4, 0.5) is 11.8 Å². The van der Waals surface area contributed by atoms with Crippen molar-refractivity contribution in [2.75, 3.05) is 36.0 Å². The minimum Gasteiger partial charge on any atom is -0.357 e. The van der Waals surface area contributed by atoms with Gasteiger partial charge in [0, 0.05) is 37.8 Å². The summed E-state index contributed by atoms with van der Waals surface area (Å²) in [5.41, 5.74) is 2.18. The van der Waals surface area contributed by atoms with Crippen LogP contribution in [0.15, 0.2) is 36.4 Å². The summed E-state index contributed by atoms with van der Waals surface area (Å²) >= 11 is 0. The molecule has 24 heavy (non-hydrogen) atoms. The number of anilines is 2. The molecule has 0 spiro atoms. The van der Waals surface area contributed by atoms with Gasteiger partial charge in [-0.25, -0.2) is 4.98 Å². The largest absolute Gasteiger partial charge is 0.357 e.